The topological polar surface area (TPSA) is 51.2 Å². The van der Waals surface area contributed by atoms with Crippen LogP contribution in [0.3, 0.4) is 0 Å². The Morgan fingerprint density at radius 2 is 2.00 bits per heavy atom. The van der Waals surface area contributed by atoms with E-state index in [1.807, 2.05) is 6.07 Å². The molecule has 1 aliphatic carbocycles. The summed E-state index contributed by atoms with van der Waals surface area (Å²) < 4.78 is 19.0. The smallest absolute Gasteiger partial charge is 0.134 e. The molecule has 3 nitrogen and oxygen atoms in total. The van der Waals surface area contributed by atoms with Crippen molar-refractivity contribution in [1.29, 1.82) is 0 Å². The van der Waals surface area contributed by atoms with Gasteiger partial charge in [-0.25, -0.2) is 9.82 Å². The molecule has 102 valence electrons. The Kier molecular flexibility index (Phi) is 3.53. The largest absolute Gasteiger partial charge is 0.459 e. The number of nitrogens with two attached hydrogens (primary N) is 1. The van der Waals surface area contributed by atoms with Crippen molar-refractivity contribution in [2.45, 2.75) is 38.1 Å². The third-order valence-corrected chi connectivity index (χ3v) is 4.10. The van der Waals surface area contributed by atoms with Crippen LogP contribution in [0.15, 0.2) is 28.7 Å². The van der Waals surface area contributed by atoms with Crippen molar-refractivity contribution in [3.05, 3.63) is 35.8 Å². The molecule has 0 spiro atoms. The Bertz CT molecular complexity index is 560. The van der Waals surface area contributed by atoms with Gasteiger partial charge in [-0.3, -0.25) is 5.84 Å². The van der Waals surface area contributed by atoms with Crippen LogP contribution < -0.4 is 11.3 Å². The molecule has 0 saturated heterocycles. The van der Waals surface area contributed by atoms with E-state index in [0.29, 0.717) is 11.5 Å². The lowest BCUT2D eigenvalue weighted by molar-refractivity contribution is 0.249. The van der Waals surface area contributed by atoms with Crippen molar-refractivity contribution in [2.24, 2.45) is 11.8 Å². The van der Waals surface area contributed by atoms with Crippen molar-refractivity contribution >= 4 is 11.0 Å². The first-order valence-corrected chi connectivity index (χ1v) is 6.93. The van der Waals surface area contributed by atoms with E-state index in [4.69, 9.17) is 10.3 Å². The fourth-order valence-electron chi connectivity index (χ4n) is 3.11. The van der Waals surface area contributed by atoms with Crippen LogP contribution in [0, 0.1) is 11.7 Å². The Morgan fingerprint density at radius 3 is 2.74 bits per heavy atom. The van der Waals surface area contributed by atoms with E-state index < -0.39 is 0 Å². The second-order valence-corrected chi connectivity index (χ2v) is 5.37. The van der Waals surface area contributed by atoms with Crippen LogP contribution in [0.2, 0.25) is 0 Å². The Hall–Kier alpha value is -1.39. The zero-order chi connectivity index (χ0) is 13.2. The zero-order valence-corrected chi connectivity index (χ0v) is 10.9. The van der Waals surface area contributed by atoms with Gasteiger partial charge < -0.3 is 4.42 Å². The van der Waals surface area contributed by atoms with Gasteiger partial charge in [0, 0.05) is 5.39 Å². The van der Waals surface area contributed by atoms with Gasteiger partial charge in [0.1, 0.15) is 17.2 Å². The molecule has 19 heavy (non-hydrogen) atoms. The molecular formula is C15H19FN2O. The molecule has 1 aromatic heterocycles. The summed E-state index contributed by atoms with van der Waals surface area (Å²) in [5.41, 5.74) is 3.59. The second-order valence-electron chi connectivity index (χ2n) is 5.37. The molecule has 1 saturated carbocycles. The third-order valence-electron chi connectivity index (χ3n) is 4.10. The molecule has 3 N–H and O–H groups in total. The lowest BCUT2D eigenvalue weighted by atomic mass is 9.83. The molecule has 4 heteroatoms. The molecule has 0 amide bonds. The summed E-state index contributed by atoms with van der Waals surface area (Å²) in [6.07, 6.45) is 6.13. The number of nitrogens with one attached hydrogen (secondary N) is 1. The number of halogens is 1. The number of hydrazine groups is 1. The van der Waals surface area contributed by atoms with Gasteiger partial charge >= 0.3 is 0 Å². The SMILES string of the molecule is NNC(c1cc2cc(F)ccc2o1)C1CCCCC1. The van der Waals surface area contributed by atoms with E-state index in [1.54, 1.807) is 6.07 Å². The van der Waals surface area contributed by atoms with E-state index in [-0.39, 0.29) is 11.9 Å². The van der Waals surface area contributed by atoms with E-state index >= 15 is 0 Å². The molecule has 0 radical (unpaired) electrons. The van der Waals surface area contributed by atoms with Crippen molar-refractivity contribution in [3.63, 3.8) is 0 Å². The van der Waals surface area contributed by atoms with Gasteiger partial charge in [0.2, 0.25) is 0 Å². The van der Waals surface area contributed by atoms with Crippen LogP contribution in [0.25, 0.3) is 11.0 Å². The second kappa shape index (κ2) is 5.31. The summed E-state index contributed by atoms with van der Waals surface area (Å²) in [6.45, 7) is 0. The summed E-state index contributed by atoms with van der Waals surface area (Å²) in [6, 6.07) is 6.51. The fourth-order valence-corrected chi connectivity index (χ4v) is 3.11. The highest BCUT2D eigenvalue weighted by molar-refractivity contribution is 5.78. The van der Waals surface area contributed by atoms with E-state index in [0.717, 1.165) is 11.1 Å². The van der Waals surface area contributed by atoms with Gasteiger partial charge in [-0.15, -0.1) is 0 Å². The standard InChI is InChI=1S/C15H19FN2O/c16-12-6-7-13-11(8-12)9-14(19-13)15(18-17)10-4-2-1-3-5-10/h6-10,15,18H,1-5,17H2. The minimum Gasteiger partial charge on any atom is -0.459 e. The Balaban J connectivity index is 1.91. The number of furan rings is 1. The first-order valence-electron chi connectivity index (χ1n) is 6.93. The highest BCUT2D eigenvalue weighted by Gasteiger charge is 2.26. The van der Waals surface area contributed by atoms with Crippen molar-refractivity contribution in [1.82, 2.24) is 5.43 Å². The molecule has 2 aromatic rings. The van der Waals surface area contributed by atoms with Crippen molar-refractivity contribution in [2.75, 3.05) is 0 Å². The summed E-state index contributed by atoms with van der Waals surface area (Å²) in [4.78, 5) is 0. The predicted molar refractivity (Wildman–Crippen MR) is 72.8 cm³/mol. The lowest BCUT2D eigenvalue weighted by Crippen LogP contribution is -2.34. The van der Waals surface area contributed by atoms with Crippen LogP contribution in [0.1, 0.15) is 43.9 Å². The molecule has 1 atom stereocenters. The maximum Gasteiger partial charge on any atom is 0.134 e. The monoisotopic (exact) mass is 262 g/mol. The molecule has 1 aliphatic rings. The predicted octanol–water partition coefficient (Wildman–Crippen LogP) is 3.66. The van der Waals surface area contributed by atoms with Crippen molar-refractivity contribution in [3.8, 4) is 0 Å². The Morgan fingerprint density at radius 1 is 1.21 bits per heavy atom. The van der Waals surface area contributed by atoms with Crippen LogP contribution in [-0.4, -0.2) is 0 Å². The minimum absolute atomic E-state index is 0.0239. The van der Waals surface area contributed by atoms with Gasteiger partial charge in [0.15, 0.2) is 0 Å². The first kappa shape index (κ1) is 12.6. The molecule has 1 aromatic carbocycles. The molecular weight excluding hydrogens is 243 g/mol. The fraction of sp³-hybridized carbons (Fsp3) is 0.467. The van der Waals surface area contributed by atoms with Gasteiger partial charge in [0.25, 0.3) is 0 Å². The average molecular weight is 262 g/mol. The van der Waals surface area contributed by atoms with E-state index in [1.165, 1.54) is 44.2 Å². The maximum absolute atomic E-state index is 13.2. The number of rotatable bonds is 3. The highest BCUT2D eigenvalue weighted by Crippen LogP contribution is 2.36. The van der Waals surface area contributed by atoms with Gasteiger partial charge in [-0.1, -0.05) is 19.3 Å². The number of benzene rings is 1. The van der Waals surface area contributed by atoms with Gasteiger partial charge in [-0.05, 0) is 43.0 Å². The molecule has 1 fully saturated rings. The first-order chi connectivity index (χ1) is 9.28. The van der Waals surface area contributed by atoms with Crippen LogP contribution in [0.4, 0.5) is 4.39 Å². The minimum atomic E-state index is -0.241. The molecule has 3 rings (SSSR count). The number of hydrogen-bond acceptors (Lipinski definition) is 3. The van der Waals surface area contributed by atoms with E-state index in [9.17, 15) is 4.39 Å². The highest BCUT2D eigenvalue weighted by atomic mass is 19.1. The zero-order valence-electron chi connectivity index (χ0n) is 10.9. The molecule has 1 heterocycles. The third kappa shape index (κ3) is 2.51. The van der Waals surface area contributed by atoms with Crippen LogP contribution in [0.5, 0.6) is 0 Å². The quantitative estimate of drug-likeness (QED) is 0.655. The lowest BCUT2D eigenvalue weighted by Gasteiger charge is -2.28. The average Bonchev–Trinajstić information content (AvgIpc) is 2.83. The van der Waals surface area contributed by atoms with Crippen LogP contribution >= 0.6 is 0 Å². The molecule has 0 bridgehead atoms. The van der Waals surface area contributed by atoms with Crippen LogP contribution in [-0.2, 0) is 0 Å². The summed E-state index contributed by atoms with van der Waals surface area (Å²) >= 11 is 0. The molecule has 1 unspecified atom stereocenters. The number of hydrogen-bond donors (Lipinski definition) is 2. The van der Waals surface area contributed by atoms with Crippen molar-refractivity contribution < 1.29 is 8.81 Å². The Labute approximate surface area is 111 Å². The maximum atomic E-state index is 13.2. The number of fused-ring (bicyclic) bond motifs is 1. The summed E-state index contributed by atoms with van der Waals surface area (Å²) in [5.74, 6) is 6.78. The van der Waals surface area contributed by atoms with Gasteiger partial charge in [-0.2, -0.15) is 0 Å². The summed E-state index contributed by atoms with van der Waals surface area (Å²) in [5, 5.41) is 0.797. The molecule has 0 aliphatic heterocycles. The van der Waals surface area contributed by atoms with Gasteiger partial charge in [0.05, 0.1) is 6.04 Å². The summed E-state index contributed by atoms with van der Waals surface area (Å²) in [7, 11) is 0. The van der Waals surface area contributed by atoms with E-state index in [2.05, 4.69) is 5.43 Å². The normalized spacial score (nSPS) is 18.8.